The molecule has 0 aliphatic heterocycles. The largest absolute Gasteiger partial charge is 0.478 e. The molecule has 1 N–H and O–H groups in total. The zero-order chi connectivity index (χ0) is 15.6. The molecule has 1 aliphatic rings. The number of carboxylic acid groups (broad SMARTS) is 1. The van der Waals surface area contributed by atoms with Crippen molar-refractivity contribution in [3.05, 3.63) is 29.1 Å². The first kappa shape index (κ1) is 15.5. The number of nitrogens with zero attached hydrogens (tertiary/aromatic N) is 2. The van der Waals surface area contributed by atoms with E-state index in [0.717, 1.165) is 6.54 Å². The standard InChI is InChI=1S/C16H22N2O3/c1-10(2)18(9-12-5-4-6-12)15(19)14-8-7-13(16(20)21)11(3)17-14/h7-8,10,12H,4-6,9H2,1-3H3,(H,20,21). The van der Waals surface area contributed by atoms with Crippen molar-refractivity contribution >= 4 is 11.9 Å². The summed E-state index contributed by atoms with van der Waals surface area (Å²) < 4.78 is 0. The van der Waals surface area contributed by atoms with E-state index in [1.165, 1.54) is 31.4 Å². The topological polar surface area (TPSA) is 70.5 Å². The highest BCUT2D eigenvalue weighted by atomic mass is 16.4. The highest BCUT2D eigenvalue weighted by Crippen LogP contribution is 2.28. The number of aromatic carboxylic acids is 1. The van der Waals surface area contributed by atoms with E-state index in [9.17, 15) is 9.59 Å². The first-order chi connectivity index (χ1) is 9.90. The van der Waals surface area contributed by atoms with Gasteiger partial charge in [0.05, 0.1) is 11.3 Å². The Bertz CT molecular complexity index is 550. The van der Waals surface area contributed by atoms with Crippen molar-refractivity contribution in [2.45, 2.75) is 46.1 Å². The predicted octanol–water partition coefficient (Wildman–Crippen LogP) is 2.74. The quantitative estimate of drug-likeness (QED) is 0.905. The van der Waals surface area contributed by atoms with Gasteiger partial charge in [-0.3, -0.25) is 4.79 Å². The van der Waals surface area contributed by atoms with E-state index in [2.05, 4.69) is 4.98 Å². The van der Waals surface area contributed by atoms with Crippen LogP contribution in [0.2, 0.25) is 0 Å². The lowest BCUT2D eigenvalue weighted by Gasteiger charge is -2.34. The number of carbonyl (C=O) groups excluding carboxylic acids is 1. The summed E-state index contributed by atoms with van der Waals surface area (Å²) in [5.74, 6) is -0.540. The Kier molecular flexibility index (Phi) is 4.60. The number of amides is 1. The van der Waals surface area contributed by atoms with E-state index in [0.29, 0.717) is 17.3 Å². The zero-order valence-corrected chi connectivity index (χ0v) is 12.8. The molecule has 21 heavy (non-hydrogen) atoms. The number of carbonyl (C=O) groups is 2. The molecule has 0 spiro atoms. The highest BCUT2D eigenvalue weighted by molar-refractivity contribution is 5.94. The monoisotopic (exact) mass is 290 g/mol. The fourth-order valence-corrected chi connectivity index (χ4v) is 2.54. The minimum Gasteiger partial charge on any atom is -0.478 e. The second-order valence-electron chi connectivity index (χ2n) is 5.98. The third kappa shape index (κ3) is 3.40. The van der Waals surface area contributed by atoms with Gasteiger partial charge in [0, 0.05) is 12.6 Å². The fourth-order valence-electron chi connectivity index (χ4n) is 2.54. The van der Waals surface area contributed by atoms with Crippen LogP contribution < -0.4 is 0 Å². The number of hydrogen-bond donors (Lipinski definition) is 1. The second-order valence-corrected chi connectivity index (χ2v) is 5.98. The molecule has 5 heteroatoms. The molecule has 1 fully saturated rings. The second kappa shape index (κ2) is 6.24. The molecule has 0 unspecified atom stereocenters. The summed E-state index contributed by atoms with van der Waals surface area (Å²) in [4.78, 5) is 29.6. The molecule has 1 aliphatic carbocycles. The third-order valence-corrected chi connectivity index (χ3v) is 4.10. The molecule has 0 saturated heterocycles. The van der Waals surface area contributed by atoms with Crippen LogP contribution in [0.25, 0.3) is 0 Å². The lowest BCUT2D eigenvalue weighted by molar-refractivity contribution is 0.0623. The van der Waals surface area contributed by atoms with Gasteiger partial charge in [0.15, 0.2) is 0 Å². The van der Waals surface area contributed by atoms with Gasteiger partial charge in [0.2, 0.25) is 0 Å². The van der Waals surface area contributed by atoms with E-state index in [1.807, 2.05) is 18.7 Å². The molecule has 1 saturated carbocycles. The van der Waals surface area contributed by atoms with Gasteiger partial charge in [0.25, 0.3) is 5.91 Å². The third-order valence-electron chi connectivity index (χ3n) is 4.10. The van der Waals surface area contributed by atoms with Gasteiger partial charge in [-0.15, -0.1) is 0 Å². The minimum atomic E-state index is -1.02. The molecule has 2 rings (SSSR count). The SMILES string of the molecule is Cc1nc(C(=O)N(CC2CCC2)C(C)C)ccc1C(=O)O. The molecule has 0 bridgehead atoms. The normalized spacial score (nSPS) is 14.9. The molecule has 5 nitrogen and oxygen atoms in total. The van der Waals surface area contributed by atoms with Crippen molar-refractivity contribution in [3.63, 3.8) is 0 Å². The summed E-state index contributed by atoms with van der Waals surface area (Å²) >= 11 is 0. The van der Waals surface area contributed by atoms with Crippen LogP contribution in [0.5, 0.6) is 0 Å². The van der Waals surface area contributed by atoms with Crippen LogP contribution in [0.1, 0.15) is 59.7 Å². The van der Waals surface area contributed by atoms with Crippen molar-refractivity contribution in [1.82, 2.24) is 9.88 Å². The summed E-state index contributed by atoms with van der Waals surface area (Å²) in [6.45, 7) is 6.37. The Labute approximate surface area is 125 Å². The number of aryl methyl sites for hydroxylation is 1. The maximum absolute atomic E-state index is 12.6. The Hall–Kier alpha value is -1.91. The summed E-state index contributed by atoms with van der Waals surface area (Å²) in [5, 5.41) is 9.02. The first-order valence-corrected chi connectivity index (χ1v) is 7.42. The van der Waals surface area contributed by atoms with E-state index in [4.69, 9.17) is 5.11 Å². The van der Waals surface area contributed by atoms with Crippen molar-refractivity contribution in [1.29, 1.82) is 0 Å². The van der Waals surface area contributed by atoms with E-state index >= 15 is 0 Å². The van der Waals surface area contributed by atoms with Gasteiger partial charge in [0.1, 0.15) is 5.69 Å². The van der Waals surface area contributed by atoms with Crippen LogP contribution >= 0.6 is 0 Å². The van der Waals surface area contributed by atoms with E-state index < -0.39 is 5.97 Å². The van der Waals surface area contributed by atoms with Gasteiger partial charge in [-0.2, -0.15) is 0 Å². The molecule has 1 amide bonds. The number of carboxylic acids is 1. The van der Waals surface area contributed by atoms with Crippen molar-refractivity contribution < 1.29 is 14.7 Å². The molecular formula is C16H22N2O3. The van der Waals surface area contributed by atoms with Crippen LogP contribution in [-0.2, 0) is 0 Å². The van der Waals surface area contributed by atoms with Crippen LogP contribution in [0.15, 0.2) is 12.1 Å². The summed E-state index contributed by atoms with van der Waals surface area (Å²) in [5.41, 5.74) is 0.841. The van der Waals surface area contributed by atoms with Gasteiger partial charge < -0.3 is 10.0 Å². The average Bonchev–Trinajstić information content (AvgIpc) is 2.35. The van der Waals surface area contributed by atoms with Crippen molar-refractivity contribution in [2.24, 2.45) is 5.92 Å². The molecular weight excluding hydrogens is 268 g/mol. The summed E-state index contributed by atoms with van der Waals surface area (Å²) in [6, 6.07) is 3.08. The Morgan fingerprint density at radius 2 is 2.05 bits per heavy atom. The summed E-state index contributed by atoms with van der Waals surface area (Å²) in [6.07, 6.45) is 3.61. The fraction of sp³-hybridized carbons (Fsp3) is 0.562. The van der Waals surface area contributed by atoms with Gasteiger partial charge in [-0.1, -0.05) is 6.42 Å². The molecule has 114 valence electrons. The zero-order valence-electron chi connectivity index (χ0n) is 12.8. The predicted molar refractivity (Wildman–Crippen MR) is 79.4 cm³/mol. The van der Waals surface area contributed by atoms with E-state index in [-0.39, 0.29) is 17.5 Å². The van der Waals surface area contributed by atoms with Crippen LogP contribution in [0.4, 0.5) is 0 Å². The maximum Gasteiger partial charge on any atom is 0.337 e. The van der Waals surface area contributed by atoms with Crippen LogP contribution in [0.3, 0.4) is 0 Å². The Morgan fingerprint density at radius 1 is 1.38 bits per heavy atom. The highest BCUT2D eigenvalue weighted by Gasteiger charge is 2.27. The molecule has 0 radical (unpaired) electrons. The lowest BCUT2D eigenvalue weighted by Crippen LogP contribution is -2.42. The Morgan fingerprint density at radius 3 is 2.48 bits per heavy atom. The lowest BCUT2D eigenvalue weighted by atomic mass is 9.85. The molecule has 1 heterocycles. The van der Waals surface area contributed by atoms with Crippen LogP contribution in [-0.4, -0.2) is 39.5 Å². The first-order valence-electron chi connectivity index (χ1n) is 7.42. The van der Waals surface area contributed by atoms with Crippen LogP contribution in [0, 0.1) is 12.8 Å². The molecule has 0 aromatic carbocycles. The smallest absolute Gasteiger partial charge is 0.337 e. The number of pyridine rings is 1. The Balaban J connectivity index is 2.19. The minimum absolute atomic E-state index is 0.111. The number of rotatable bonds is 5. The molecule has 1 aromatic heterocycles. The average molecular weight is 290 g/mol. The number of hydrogen-bond acceptors (Lipinski definition) is 3. The molecule has 0 atom stereocenters. The summed E-state index contributed by atoms with van der Waals surface area (Å²) in [7, 11) is 0. The number of aromatic nitrogens is 1. The van der Waals surface area contributed by atoms with Gasteiger partial charge >= 0.3 is 5.97 Å². The van der Waals surface area contributed by atoms with Crippen molar-refractivity contribution in [3.8, 4) is 0 Å². The van der Waals surface area contributed by atoms with Gasteiger partial charge in [-0.25, -0.2) is 9.78 Å². The molecule has 1 aromatic rings. The van der Waals surface area contributed by atoms with E-state index in [1.54, 1.807) is 6.92 Å². The maximum atomic E-state index is 12.6. The van der Waals surface area contributed by atoms with Gasteiger partial charge in [-0.05, 0) is 51.7 Å². The van der Waals surface area contributed by atoms with Crippen molar-refractivity contribution in [2.75, 3.05) is 6.54 Å².